The van der Waals surface area contributed by atoms with Gasteiger partial charge in [-0.15, -0.1) is 0 Å². The molecule has 4 nitrogen and oxygen atoms in total. The van der Waals surface area contributed by atoms with Crippen molar-refractivity contribution in [3.63, 3.8) is 0 Å². The summed E-state index contributed by atoms with van der Waals surface area (Å²) in [6.45, 7) is 16.1. The van der Waals surface area contributed by atoms with Crippen molar-refractivity contribution in [2.75, 3.05) is 0 Å². The molecule has 2 aromatic heterocycles. The summed E-state index contributed by atoms with van der Waals surface area (Å²) < 4.78 is 4.62. The van der Waals surface area contributed by atoms with Gasteiger partial charge in [0.15, 0.2) is 0 Å². The van der Waals surface area contributed by atoms with Gasteiger partial charge in [0, 0.05) is 11.4 Å². The molecule has 5 heteroatoms. The SMILES string of the molecule is Cc1cc2c3c(c1)-n1cnc4cc(C(C)(C)C)cc(c41)B3c1cc(C(C)(C)C)cc3ncn-2c13. The van der Waals surface area contributed by atoms with E-state index in [0.717, 1.165) is 11.0 Å². The van der Waals surface area contributed by atoms with E-state index in [2.05, 4.69) is 94.0 Å². The monoisotopic (exact) mass is 444 g/mol. The van der Waals surface area contributed by atoms with Gasteiger partial charge in [-0.3, -0.25) is 9.13 Å². The minimum Gasteiger partial charge on any atom is -0.300 e. The van der Waals surface area contributed by atoms with Crippen molar-refractivity contribution in [3.05, 3.63) is 65.7 Å². The molecular formula is C29H29BN4. The minimum absolute atomic E-state index is 0.0455. The van der Waals surface area contributed by atoms with E-state index in [4.69, 9.17) is 9.97 Å². The maximum Gasteiger partial charge on any atom is 0.252 e. The van der Waals surface area contributed by atoms with Crippen LogP contribution in [-0.4, -0.2) is 25.8 Å². The molecular weight excluding hydrogens is 415 g/mol. The largest absolute Gasteiger partial charge is 0.300 e. The van der Waals surface area contributed by atoms with Gasteiger partial charge in [0.2, 0.25) is 0 Å². The van der Waals surface area contributed by atoms with Crippen molar-refractivity contribution in [2.24, 2.45) is 0 Å². The number of aromatic nitrogens is 4. The standard InChI is InChI=1S/C29H29BN4/c1-16-8-23-25-24(9-16)34-15-32-22-13-18(29(5,6)7)11-20(27(22)34)30(25)19-10-17(28(2,3)4)12-21-26(19)33(23)14-31-21/h8-15H,1-7H3. The van der Waals surface area contributed by atoms with Crippen LogP contribution in [0.25, 0.3) is 33.4 Å². The lowest BCUT2D eigenvalue weighted by Crippen LogP contribution is -2.59. The lowest BCUT2D eigenvalue weighted by atomic mass is 9.34. The van der Waals surface area contributed by atoms with E-state index in [1.165, 1.54) is 55.5 Å². The van der Waals surface area contributed by atoms with Crippen LogP contribution in [0.15, 0.2) is 49.1 Å². The van der Waals surface area contributed by atoms with Gasteiger partial charge in [0.25, 0.3) is 6.71 Å². The zero-order valence-electron chi connectivity index (χ0n) is 21.0. The first-order valence-electron chi connectivity index (χ1n) is 12.2. The van der Waals surface area contributed by atoms with Gasteiger partial charge < -0.3 is 0 Å². The van der Waals surface area contributed by atoms with Crippen LogP contribution in [0.2, 0.25) is 0 Å². The molecule has 0 N–H and O–H groups in total. The number of nitrogens with zero attached hydrogens (tertiary/aromatic N) is 4. The molecule has 0 aliphatic carbocycles. The molecule has 0 unspecified atom stereocenters. The molecule has 7 rings (SSSR count). The Labute approximate surface area is 200 Å². The summed E-state index contributed by atoms with van der Waals surface area (Å²) in [7, 11) is 0. The number of rotatable bonds is 0. The fourth-order valence-corrected chi connectivity index (χ4v) is 5.96. The predicted molar refractivity (Wildman–Crippen MR) is 142 cm³/mol. The quantitative estimate of drug-likeness (QED) is 0.325. The van der Waals surface area contributed by atoms with Crippen LogP contribution in [0.4, 0.5) is 0 Å². The first-order chi connectivity index (χ1) is 16.0. The Morgan fingerprint density at radius 2 is 1.09 bits per heavy atom. The maximum atomic E-state index is 4.90. The molecule has 4 heterocycles. The first kappa shape index (κ1) is 20.1. The molecule has 2 aliphatic rings. The molecule has 0 atom stereocenters. The van der Waals surface area contributed by atoms with Crippen LogP contribution >= 0.6 is 0 Å². The van der Waals surface area contributed by atoms with Gasteiger partial charge in [-0.05, 0) is 75.1 Å². The van der Waals surface area contributed by atoms with E-state index >= 15 is 0 Å². The van der Waals surface area contributed by atoms with Gasteiger partial charge >= 0.3 is 0 Å². The van der Waals surface area contributed by atoms with Crippen molar-refractivity contribution in [1.82, 2.24) is 19.1 Å². The number of hydrogen-bond acceptors (Lipinski definition) is 2. The molecule has 0 spiro atoms. The molecule has 0 amide bonds. The van der Waals surface area contributed by atoms with E-state index in [1.54, 1.807) is 0 Å². The summed E-state index contributed by atoms with van der Waals surface area (Å²) in [5, 5.41) is 0. The van der Waals surface area contributed by atoms with Crippen molar-refractivity contribution in [2.45, 2.75) is 59.3 Å². The van der Waals surface area contributed by atoms with E-state index in [0.29, 0.717) is 0 Å². The summed E-state index contributed by atoms with van der Waals surface area (Å²) in [6, 6.07) is 14.1. The first-order valence-corrected chi connectivity index (χ1v) is 12.2. The van der Waals surface area contributed by atoms with Gasteiger partial charge in [-0.25, -0.2) is 9.97 Å². The number of fused-ring (bicyclic) bond motifs is 4. The molecule has 0 saturated carbocycles. The van der Waals surface area contributed by atoms with Crippen LogP contribution in [0.1, 0.15) is 58.2 Å². The van der Waals surface area contributed by atoms with Crippen LogP contribution in [0.3, 0.4) is 0 Å². The van der Waals surface area contributed by atoms with Crippen molar-refractivity contribution < 1.29 is 0 Å². The van der Waals surface area contributed by atoms with Crippen molar-refractivity contribution in [3.8, 4) is 11.4 Å². The third-order valence-corrected chi connectivity index (χ3v) is 7.79. The molecule has 34 heavy (non-hydrogen) atoms. The van der Waals surface area contributed by atoms with Crippen LogP contribution in [0, 0.1) is 6.92 Å². The Hall–Kier alpha value is -3.34. The Kier molecular flexibility index (Phi) is 3.55. The predicted octanol–water partition coefficient (Wildman–Crippen LogP) is 4.41. The fourth-order valence-electron chi connectivity index (χ4n) is 5.96. The molecule has 0 bridgehead atoms. The maximum absolute atomic E-state index is 4.90. The van der Waals surface area contributed by atoms with Crippen molar-refractivity contribution in [1.29, 1.82) is 0 Å². The highest BCUT2D eigenvalue weighted by Crippen LogP contribution is 2.34. The third-order valence-electron chi connectivity index (χ3n) is 7.79. The highest BCUT2D eigenvalue weighted by molar-refractivity contribution is 7.00. The Morgan fingerprint density at radius 3 is 1.50 bits per heavy atom. The average Bonchev–Trinajstić information content (AvgIpc) is 3.37. The average molecular weight is 444 g/mol. The number of hydrogen-bond donors (Lipinski definition) is 0. The Balaban J connectivity index is 1.69. The normalized spacial score (nSPS) is 14.3. The summed E-state index contributed by atoms with van der Waals surface area (Å²) in [4.78, 5) is 9.80. The highest BCUT2D eigenvalue weighted by atomic mass is 15.1. The number of benzene rings is 3. The number of imidazole rings is 2. The molecule has 0 radical (unpaired) electrons. The van der Waals surface area contributed by atoms with Crippen LogP contribution in [-0.2, 0) is 10.8 Å². The van der Waals surface area contributed by atoms with Crippen molar-refractivity contribution >= 4 is 45.2 Å². The number of aryl methyl sites for hydroxylation is 1. The van der Waals surface area contributed by atoms with Gasteiger partial charge in [0.05, 0.1) is 22.1 Å². The van der Waals surface area contributed by atoms with Crippen LogP contribution < -0.4 is 16.4 Å². The second-order valence-electron chi connectivity index (χ2n) is 12.2. The lowest BCUT2D eigenvalue weighted by Gasteiger charge is -2.34. The van der Waals surface area contributed by atoms with E-state index in [9.17, 15) is 0 Å². The summed E-state index contributed by atoms with van der Waals surface area (Å²) >= 11 is 0. The van der Waals surface area contributed by atoms with Gasteiger partial charge in [-0.1, -0.05) is 53.7 Å². The molecule has 5 aromatic rings. The molecule has 2 aliphatic heterocycles. The highest BCUT2D eigenvalue weighted by Gasteiger charge is 2.41. The Morgan fingerprint density at radius 1 is 0.647 bits per heavy atom. The Bertz CT molecular complexity index is 1570. The van der Waals surface area contributed by atoms with Crippen LogP contribution in [0.5, 0.6) is 0 Å². The van der Waals surface area contributed by atoms with E-state index in [-0.39, 0.29) is 17.5 Å². The summed E-state index contributed by atoms with van der Waals surface area (Å²) in [5.74, 6) is 0. The summed E-state index contributed by atoms with van der Waals surface area (Å²) in [5.41, 5.74) is 15.2. The second kappa shape index (κ2) is 6.01. The minimum atomic E-state index is 0.0455. The zero-order valence-corrected chi connectivity index (χ0v) is 21.0. The second-order valence-corrected chi connectivity index (χ2v) is 12.2. The summed E-state index contributed by atoms with van der Waals surface area (Å²) in [6.07, 6.45) is 4.02. The fraction of sp³-hybridized carbons (Fsp3) is 0.310. The molecule has 3 aromatic carbocycles. The molecule has 0 saturated heterocycles. The molecule has 0 fully saturated rings. The molecule has 168 valence electrons. The zero-order chi connectivity index (χ0) is 23.7. The topological polar surface area (TPSA) is 35.6 Å². The van der Waals surface area contributed by atoms with E-state index < -0.39 is 0 Å². The third kappa shape index (κ3) is 2.45. The van der Waals surface area contributed by atoms with E-state index in [1.807, 2.05) is 12.7 Å². The smallest absolute Gasteiger partial charge is 0.252 e. The van der Waals surface area contributed by atoms with Gasteiger partial charge in [-0.2, -0.15) is 0 Å². The van der Waals surface area contributed by atoms with Gasteiger partial charge in [0.1, 0.15) is 12.7 Å². The lowest BCUT2D eigenvalue weighted by molar-refractivity contribution is 0.591.